The van der Waals surface area contributed by atoms with Gasteiger partial charge in [-0.2, -0.15) is 0 Å². The van der Waals surface area contributed by atoms with Gasteiger partial charge < -0.3 is 15.5 Å². The van der Waals surface area contributed by atoms with E-state index in [9.17, 15) is 9.59 Å². The molecule has 1 aliphatic rings. The number of nitrogens with one attached hydrogen (secondary N) is 2. The number of likely N-dealkylation sites (N-methyl/N-ethyl adjacent to an activating group) is 2. The highest BCUT2D eigenvalue weighted by atomic mass is 16.2. The SMILES string of the molecule is CCNC(=O)CN(C)C(=O)C1CCCCN1. The zero-order valence-electron chi connectivity index (χ0n) is 10.1. The van der Waals surface area contributed by atoms with Crippen molar-refractivity contribution in [3.8, 4) is 0 Å². The molecule has 1 aliphatic heterocycles. The lowest BCUT2D eigenvalue weighted by atomic mass is 10.0. The maximum Gasteiger partial charge on any atom is 0.239 e. The maximum absolute atomic E-state index is 11.9. The van der Waals surface area contributed by atoms with Crippen molar-refractivity contribution in [3.05, 3.63) is 0 Å². The highest BCUT2D eigenvalue weighted by Gasteiger charge is 2.24. The number of piperidine rings is 1. The van der Waals surface area contributed by atoms with Crippen molar-refractivity contribution in [2.75, 3.05) is 26.7 Å². The molecule has 2 amide bonds. The van der Waals surface area contributed by atoms with E-state index < -0.39 is 0 Å². The van der Waals surface area contributed by atoms with E-state index in [-0.39, 0.29) is 24.4 Å². The quantitative estimate of drug-likeness (QED) is 0.694. The molecular weight excluding hydrogens is 206 g/mol. The van der Waals surface area contributed by atoms with Crippen molar-refractivity contribution in [2.24, 2.45) is 0 Å². The first-order chi connectivity index (χ1) is 7.65. The van der Waals surface area contributed by atoms with E-state index in [1.54, 1.807) is 7.05 Å². The third kappa shape index (κ3) is 3.81. The molecule has 0 bridgehead atoms. The fourth-order valence-corrected chi connectivity index (χ4v) is 1.88. The van der Waals surface area contributed by atoms with Gasteiger partial charge in [0.15, 0.2) is 0 Å². The van der Waals surface area contributed by atoms with Crippen LogP contribution >= 0.6 is 0 Å². The highest BCUT2D eigenvalue weighted by molar-refractivity contribution is 5.87. The number of hydrogen-bond acceptors (Lipinski definition) is 3. The number of hydrogen-bond donors (Lipinski definition) is 2. The molecule has 1 unspecified atom stereocenters. The minimum Gasteiger partial charge on any atom is -0.355 e. The summed E-state index contributed by atoms with van der Waals surface area (Å²) in [5.41, 5.74) is 0. The maximum atomic E-state index is 11.9. The fraction of sp³-hybridized carbons (Fsp3) is 0.818. The Morgan fingerprint density at radius 2 is 2.19 bits per heavy atom. The van der Waals surface area contributed by atoms with E-state index in [2.05, 4.69) is 10.6 Å². The van der Waals surface area contributed by atoms with Gasteiger partial charge in [0.25, 0.3) is 0 Å². The van der Waals surface area contributed by atoms with E-state index >= 15 is 0 Å². The van der Waals surface area contributed by atoms with Gasteiger partial charge in [-0.05, 0) is 26.3 Å². The van der Waals surface area contributed by atoms with Crippen LogP contribution in [-0.4, -0.2) is 49.4 Å². The molecule has 0 spiro atoms. The summed E-state index contributed by atoms with van der Waals surface area (Å²) in [7, 11) is 1.67. The smallest absolute Gasteiger partial charge is 0.239 e. The molecule has 0 radical (unpaired) electrons. The van der Waals surface area contributed by atoms with Crippen LogP contribution in [0, 0.1) is 0 Å². The Kier molecular flexibility index (Phi) is 5.25. The Bertz CT molecular complexity index is 250. The van der Waals surface area contributed by atoms with Crippen LogP contribution in [0.25, 0.3) is 0 Å². The first-order valence-electron chi connectivity index (χ1n) is 5.90. The third-order valence-electron chi connectivity index (χ3n) is 2.74. The van der Waals surface area contributed by atoms with Crippen molar-refractivity contribution in [1.29, 1.82) is 0 Å². The fourth-order valence-electron chi connectivity index (χ4n) is 1.88. The van der Waals surface area contributed by atoms with Crippen molar-refractivity contribution in [3.63, 3.8) is 0 Å². The Hall–Kier alpha value is -1.10. The Labute approximate surface area is 96.6 Å². The molecule has 5 nitrogen and oxygen atoms in total. The first kappa shape index (κ1) is 13.0. The summed E-state index contributed by atoms with van der Waals surface area (Å²) in [6, 6.07) is -0.104. The highest BCUT2D eigenvalue weighted by Crippen LogP contribution is 2.08. The van der Waals surface area contributed by atoms with Crippen molar-refractivity contribution in [1.82, 2.24) is 15.5 Å². The monoisotopic (exact) mass is 227 g/mol. The molecule has 16 heavy (non-hydrogen) atoms. The molecule has 2 N–H and O–H groups in total. The average molecular weight is 227 g/mol. The van der Waals surface area contributed by atoms with Gasteiger partial charge >= 0.3 is 0 Å². The summed E-state index contributed by atoms with van der Waals surface area (Å²) in [4.78, 5) is 24.7. The normalized spacial score (nSPS) is 20.2. The summed E-state index contributed by atoms with van der Waals surface area (Å²) in [6.45, 7) is 3.50. The third-order valence-corrected chi connectivity index (χ3v) is 2.74. The molecule has 1 heterocycles. The van der Waals surface area contributed by atoms with Crippen LogP contribution in [0.1, 0.15) is 26.2 Å². The average Bonchev–Trinajstić information content (AvgIpc) is 2.29. The van der Waals surface area contributed by atoms with Crippen LogP contribution < -0.4 is 10.6 Å². The van der Waals surface area contributed by atoms with Crippen molar-refractivity contribution >= 4 is 11.8 Å². The summed E-state index contributed by atoms with van der Waals surface area (Å²) in [5, 5.41) is 5.86. The number of rotatable bonds is 4. The van der Waals surface area contributed by atoms with Gasteiger partial charge in [-0.25, -0.2) is 0 Å². The second-order valence-electron chi connectivity index (χ2n) is 4.15. The molecule has 0 aromatic heterocycles. The zero-order chi connectivity index (χ0) is 12.0. The lowest BCUT2D eigenvalue weighted by molar-refractivity contribution is -0.136. The van der Waals surface area contributed by atoms with Crippen molar-refractivity contribution in [2.45, 2.75) is 32.2 Å². The summed E-state index contributed by atoms with van der Waals surface area (Å²) >= 11 is 0. The Balaban J connectivity index is 2.37. The minimum absolute atomic E-state index is 0.0194. The van der Waals surface area contributed by atoms with Gasteiger partial charge in [-0.1, -0.05) is 6.42 Å². The molecule has 1 atom stereocenters. The molecule has 1 saturated heterocycles. The lowest BCUT2D eigenvalue weighted by Gasteiger charge is -2.27. The van der Waals surface area contributed by atoms with Crippen LogP contribution in [0.5, 0.6) is 0 Å². The number of carbonyl (C=O) groups is 2. The molecule has 1 rings (SSSR count). The van der Waals surface area contributed by atoms with Gasteiger partial charge in [0.1, 0.15) is 0 Å². The van der Waals surface area contributed by atoms with Gasteiger partial charge in [-0.3, -0.25) is 9.59 Å². The number of amides is 2. The molecule has 0 aliphatic carbocycles. The zero-order valence-corrected chi connectivity index (χ0v) is 10.1. The predicted octanol–water partition coefficient (Wildman–Crippen LogP) is -0.277. The van der Waals surface area contributed by atoms with Crippen LogP contribution in [0.15, 0.2) is 0 Å². The first-order valence-corrected chi connectivity index (χ1v) is 5.90. The molecule has 5 heteroatoms. The lowest BCUT2D eigenvalue weighted by Crippen LogP contribution is -2.49. The van der Waals surface area contributed by atoms with Crippen molar-refractivity contribution < 1.29 is 9.59 Å². The second kappa shape index (κ2) is 6.48. The van der Waals surface area contributed by atoms with E-state index in [0.717, 1.165) is 25.8 Å². The topological polar surface area (TPSA) is 61.4 Å². The molecule has 1 fully saturated rings. The molecule has 0 aromatic carbocycles. The minimum atomic E-state index is -0.104. The van der Waals surface area contributed by atoms with Crippen LogP contribution in [0.3, 0.4) is 0 Å². The van der Waals surface area contributed by atoms with E-state index in [1.165, 1.54) is 4.90 Å². The predicted molar refractivity (Wildman–Crippen MR) is 62.0 cm³/mol. The van der Waals surface area contributed by atoms with Crippen LogP contribution in [-0.2, 0) is 9.59 Å². The van der Waals surface area contributed by atoms with Gasteiger partial charge in [0.2, 0.25) is 11.8 Å². The number of nitrogens with zero attached hydrogens (tertiary/aromatic N) is 1. The summed E-state index contributed by atoms with van der Waals surface area (Å²) < 4.78 is 0. The summed E-state index contributed by atoms with van der Waals surface area (Å²) in [5.74, 6) is -0.0832. The van der Waals surface area contributed by atoms with Crippen LogP contribution in [0.2, 0.25) is 0 Å². The van der Waals surface area contributed by atoms with Gasteiger partial charge in [0, 0.05) is 13.6 Å². The largest absolute Gasteiger partial charge is 0.355 e. The van der Waals surface area contributed by atoms with E-state index in [4.69, 9.17) is 0 Å². The van der Waals surface area contributed by atoms with Crippen LogP contribution in [0.4, 0.5) is 0 Å². The standard InChI is InChI=1S/C11H21N3O2/c1-3-12-10(15)8-14(2)11(16)9-6-4-5-7-13-9/h9,13H,3-8H2,1-2H3,(H,12,15). The Morgan fingerprint density at radius 3 is 2.75 bits per heavy atom. The van der Waals surface area contributed by atoms with Gasteiger partial charge in [-0.15, -0.1) is 0 Å². The number of carbonyl (C=O) groups excluding carboxylic acids is 2. The summed E-state index contributed by atoms with van der Waals surface area (Å²) in [6.07, 6.45) is 3.08. The Morgan fingerprint density at radius 1 is 1.44 bits per heavy atom. The van der Waals surface area contributed by atoms with E-state index in [1.807, 2.05) is 6.92 Å². The molecule has 92 valence electrons. The molecule has 0 saturated carbocycles. The molecule has 0 aromatic rings. The molecular formula is C11H21N3O2. The second-order valence-corrected chi connectivity index (χ2v) is 4.15. The van der Waals surface area contributed by atoms with Gasteiger partial charge in [0.05, 0.1) is 12.6 Å². The van der Waals surface area contributed by atoms with E-state index in [0.29, 0.717) is 6.54 Å².